The summed E-state index contributed by atoms with van der Waals surface area (Å²) in [5.41, 5.74) is 1.03. The molecular weight excluding hydrogens is 306 g/mol. The maximum absolute atomic E-state index is 12.7. The number of nitrogens with zero attached hydrogens (tertiary/aromatic N) is 3. The van der Waals surface area contributed by atoms with E-state index >= 15 is 0 Å². The lowest BCUT2D eigenvalue weighted by molar-refractivity contribution is -0.135. The molecule has 6 nitrogen and oxygen atoms in total. The van der Waals surface area contributed by atoms with Crippen LogP contribution in [0.1, 0.15) is 11.4 Å². The molecule has 24 heavy (non-hydrogen) atoms. The fraction of sp³-hybridized carbons (Fsp3) is 0.444. The first kappa shape index (κ1) is 16.4. The van der Waals surface area contributed by atoms with E-state index in [-0.39, 0.29) is 11.8 Å². The summed E-state index contributed by atoms with van der Waals surface area (Å²) < 4.78 is 13.2. The Bertz CT molecular complexity index is 726. The van der Waals surface area contributed by atoms with Gasteiger partial charge in [-0.25, -0.2) is 4.98 Å². The molecule has 6 heteroatoms. The molecule has 1 atom stereocenters. The highest BCUT2D eigenvalue weighted by atomic mass is 16.5. The highest BCUT2D eigenvalue weighted by molar-refractivity contribution is 5.79. The van der Waals surface area contributed by atoms with Crippen molar-refractivity contribution in [2.75, 3.05) is 27.3 Å². The lowest BCUT2D eigenvalue weighted by Gasteiger charge is -2.29. The number of rotatable bonds is 5. The van der Waals surface area contributed by atoms with E-state index in [0.717, 1.165) is 29.4 Å². The minimum atomic E-state index is -0.154. The largest absolute Gasteiger partial charge is 0.493 e. The smallest absolute Gasteiger partial charge is 0.229 e. The van der Waals surface area contributed by atoms with Crippen LogP contribution in [0.5, 0.6) is 11.5 Å². The van der Waals surface area contributed by atoms with Gasteiger partial charge >= 0.3 is 0 Å². The monoisotopic (exact) mass is 329 g/mol. The highest BCUT2D eigenvalue weighted by Crippen LogP contribution is 2.36. The predicted molar refractivity (Wildman–Crippen MR) is 90.3 cm³/mol. The molecular formula is C18H23N3O3. The van der Waals surface area contributed by atoms with Crippen molar-refractivity contribution in [3.05, 3.63) is 42.0 Å². The number of hydrogen-bond donors (Lipinski definition) is 0. The van der Waals surface area contributed by atoms with E-state index in [1.807, 2.05) is 42.9 Å². The second-order valence-corrected chi connectivity index (χ2v) is 6.09. The maximum Gasteiger partial charge on any atom is 0.229 e. The number of methoxy groups -OCH3 is 1. The van der Waals surface area contributed by atoms with Crippen molar-refractivity contribution >= 4 is 5.91 Å². The average Bonchev–Trinajstić information content (AvgIpc) is 3.02. The molecule has 2 heterocycles. The Balaban J connectivity index is 1.62. The molecule has 0 radical (unpaired) electrons. The molecule has 2 aromatic rings. The molecule has 0 fully saturated rings. The predicted octanol–water partition coefficient (Wildman–Crippen LogP) is 1.91. The number of imidazole rings is 1. The zero-order valence-corrected chi connectivity index (χ0v) is 14.4. The summed E-state index contributed by atoms with van der Waals surface area (Å²) >= 11 is 0. The number of ether oxygens (including phenoxy) is 2. The van der Waals surface area contributed by atoms with E-state index < -0.39 is 0 Å². The summed E-state index contributed by atoms with van der Waals surface area (Å²) in [4.78, 5) is 18.7. The summed E-state index contributed by atoms with van der Waals surface area (Å²) in [7, 11) is 3.47. The minimum Gasteiger partial charge on any atom is -0.493 e. The van der Waals surface area contributed by atoms with Crippen LogP contribution in [0.15, 0.2) is 30.6 Å². The quantitative estimate of drug-likeness (QED) is 0.841. The molecule has 0 spiro atoms. The first-order chi connectivity index (χ1) is 11.6. The van der Waals surface area contributed by atoms with Crippen LogP contribution in [0.3, 0.4) is 0 Å². The van der Waals surface area contributed by atoms with Gasteiger partial charge in [0.1, 0.15) is 12.4 Å². The SMILES string of the molecule is COc1cccc2c1OC[C@H](C(=O)N(C)CCn1ccnc1C)C2. The van der Waals surface area contributed by atoms with Crippen LogP contribution < -0.4 is 9.47 Å². The molecule has 0 aliphatic carbocycles. The van der Waals surface area contributed by atoms with E-state index in [4.69, 9.17) is 9.47 Å². The van der Waals surface area contributed by atoms with Gasteiger partial charge in [-0.1, -0.05) is 12.1 Å². The van der Waals surface area contributed by atoms with Crippen molar-refractivity contribution < 1.29 is 14.3 Å². The zero-order valence-electron chi connectivity index (χ0n) is 14.4. The van der Waals surface area contributed by atoms with Crippen LogP contribution in [0.25, 0.3) is 0 Å². The first-order valence-electron chi connectivity index (χ1n) is 8.11. The molecule has 3 rings (SSSR count). The van der Waals surface area contributed by atoms with E-state index in [1.165, 1.54) is 0 Å². The Labute approximate surface area is 142 Å². The molecule has 128 valence electrons. The third-order valence-corrected chi connectivity index (χ3v) is 4.50. The number of likely N-dealkylation sites (N-methyl/N-ethyl adjacent to an activating group) is 1. The summed E-state index contributed by atoms with van der Waals surface area (Å²) in [6, 6.07) is 5.80. The summed E-state index contributed by atoms with van der Waals surface area (Å²) in [5.74, 6) is 2.40. The van der Waals surface area contributed by atoms with Gasteiger partial charge in [0.2, 0.25) is 5.91 Å². The summed E-state index contributed by atoms with van der Waals surface area (Å²) in [6.45, 7) is 3.74. The topological polar surface area (TPSA) is 56.6 Å². The van der Waals surface area contributed by atoms with Gasteiger partial charge in [0, 0.05) is 32.5 Å². The number of amides is 1. The van der Waals surface area contributed by atoms with Crippen LogP contribution in [0.4, 0.5) is 0 Å². The fourth-order valence-electron chi connectivity index (χ4n) is 3.03. The van der Waals surface area contributed by atoms with Crippen LogP contribution in [-0.4, -0.2) is 47.7 Å². The molecule has 0 saturated carbocycles. The van der Waals surface area contributed by atoms with Crippen molar-refractivity contribution in [3.63, 3.8) is 0 Å². The lowest BCUT2D eigenvalue weighted by Crippen LogP contribution is -2.40. The van der Waals surface area contributed by atoms with Gasteiger partial charge in [-0.3, -0.25) is 4.79 Å². The summed E-state index contributed by atoms with van der Waals surface area (Å²) in [6.07, 6.45) is 4.39. The zero-order chi connectivity index (χ0) is 17.1. The Morgan fingerprint density at radius 3 is 3.04 bits per heavy atom. The number of carbonyl (C=O) groups is 1. The van der Waals surface area contributed by atoms with Gasteiger partial charge in [-0.2, -0.15) is 0 Å². The second kappa shape index (κ2) is 6.95. The Morgan fingerprint density at radius 2 is 2.33 bits per heavy atom. The van der Waals surface area contributed by atoms with Gasteiger partial charge in [0.25, 0.3) is 0 Å². The van der Waals surface area contributed by atoms with Crippen LogP contribution in [0.2, 0.25) is 0 Å². The van der Waals surface area contributed by atoms with Crippen molar-refractivity contribution in [1.29, 1.82) is 0 Å². The van der Waals surface area contributed by atoms with Gasteiger partial charge in [-0.05, 0) is 25.0 Å². The van der Waals surface area contributed by atoms with Crippen LogP contribution in [-0.2, 0) is 17.8 Å². The van der Waals surface area contributed by atoms with Crippen LogP contribution in [0, 0.1) is 12.8 Å². The van der Waals surface area contributed by atoms with E-state index in [9.17, 15) is 4.79 Å². The molecule has 0 bridgehead atoms. The molecule has 1 aromatic carbocycles. The number of aromatic nitrogens is 2. The summed E-state index contributed by atoms with van der Waals surface area (Å²) in [5, 5.41) is 0. The van der Waals surface area contributed by atoms with Crippen molar-refractivity contribution in [3.8, 4) is 11.5 Å². The number of hydrogen-bond acceptors (Lipinski definition) is 4. The second-order valence-electron chi connectivity index (χ2n) is 6.09. The average molecular weight is 329 g/mol. The third kappa shape index (κ3) is 3.22. The van der Waals surface area contributed by atoms with E-state index in [1.54, 1.807) is 18.2 Å². The standard InChI is InChI=1S/C18H23N3O3/c1-13-19-7-8-21(13)10-9-20(2)18(22)15-11-14-5-4-6-16(23-3)17(14)24-12-15/h4-8,15H,9-12H2,1-3H3/t15-/m1/s1. The number of aryl methyl sites for hydroxylation is 1. The Morgan fingerprint density at radius 1 is 1.50 bits per heavy atom. The Hall–Kier alpha value is -2.50. The maximum atomic E-state index is 12.7. The molecule has 1 amide bonds. The minimum absolute atomic E-state index is 0.112. The number of carbonyl (C=O) groups excluding carboxylic acids is 1. The number of benzene rings is 1. The first-order valence-corrected chi connectivity index (χ1v) is 8.11. The molecule has 0 saturated heterocycles. The molecule has 0 N–H and O–H groups in total. The third-order valence-electron chi connectivity index (χ3n) is 4.50. The van der Waals surface area contributed by atoms with Crippen LogP contribution >= 0.6 is 0 Å². The molecule has 0 unspecified atom stereocenters. The van der Waals surface area contributed by atoms with Gasteiger partial charge in [0.05, 0.1) is 13.0 Å². The molecule has 1 aromatic heterocycles. The van der Waals surface area contributed by atoms with Crippen molar-refractivity contribution in [2.24, 2.45) is 5.92 Å². The fourth-order valence-corrected chi connectivity index (χ4v) is 3.03. The Kier molecular flexibility index (Phi) is 4.74. The molecule has 1 aliphatic rings. The van der Waals surface area contributed by atoms with E-state index in [2.05, 4.69) is 4.98 Å². The number of para-hydroxylation sites is 1. The number of fused-ring (bicyclic) bond motifs is 1. The molecule has 1 aliphatic heterocycles. The van der Waals surface area contributed by atoms with Gasteiger partial charge in [-0.15, -0.1) is 0 Å². The lowest BCUT2D eigenvalue weighted by atomic mass is 9.95. The highest BCUT2D eigenvalue weighted by Gasteiger charge is 2.29. The van der Waals surface area contributed by atoms with Crippen molar-refractivity contribution in [2.45, 2.75) is 19.9 Å². The van der Waals surface area contributed by atoms with E-state index in [0.29, 0.717) is 19.6 Å². The van der Waals surface area contributed by atoms with Crippen molar-refractivity contribution in [1.82, 2.24) is 14.5 Å². The van der Waals surface area contributed by atoms with Gasteiger partial charge < -0.3 is 18.9 Å². The normalized spacial score (nSPS) is 16.2. The van der Waals surface area contributed by atoms with Gasteiger partial charge in [0.15, 0.2) is 11.5 Å².